The van der Waals surface area contributed by atoms with Crippen LogP contribution in [0.5, 0.6) is 0 Å². The average molecular weight is 324 g/mol. The molecule has 7 nitrogen and oxygen atoms in total. The quantitative estimate of drug-likeness (QED) is 0.758. The summed E-state index contributed by atoms with van der Waals surface area (Å²) in [7, 11) is 0. The summed E-state index contributed by atoms with van der Waals surface area (Å²) in [6.07, 6.45) is 1.82. The van der Waals surface area contributed by atoms with E-state index in [9.17, 15) is 4.79 Å². The van der Waals surface area contributed by atoms with Crippen LogP contribution in [-0.2, 0) is 6.54 Å². The standard InChI is InChI=1S/C17H20N6O/c1-12-5-6-18-15(19-12)11-22-7-9-23(10-8-22)14-4-2-3-13-16(14)21-17(24)20-13/h2-6H,7-11H2,1H3,(H2,20,21,24). The molecule has 0 unspecified atom stereocenters. The zero-order valence-electron chi connectivity index (χ0n) is 13.6. The van der Waals surface area contributed by atoms with Gasteiger partial charge >= 0.3 is 5.69 Å². The van der Waals surface area contributed by atoms with Gasteiger partial charge in [0.2, 0.25) is 0 Å². The number of hydrogen-bond acceptors (Lipinski definition) is 5. The zero-order chi connectivity index (χ0) is 16.5. The molecule has 0 atom stereocenters. The van der Waals surface area contributed by atoms with E-state index in [0.717, 1.165) is 61.0 Å². The highest BCUT2D eigenvalue weighted by atomic mass is 16.1. The van der Waals surface area contributed by atoms with Crippen molar-refractivity contribution < 1.29 is 0 Å². The fourth-order valence-electron chi connectivity index (χ4n) is 3.23. The van der Waals surface area contributed by atoms with Crippen molar-refractivity contribution in [2.45, 2.75) is 13.5 Å². The predicted octanol–water partition coefficient (Wildman–Crippen LogP) is 1.28. The third-order valence-corrected chi connectivity index (χ3v) is 4.45. The fraction of sp³-hybridized carbons (Fsp3) is 0.353. The lowest BCUT2D eigenvalue weighted by molar-refractivity contribution is 0.244. The Morgan fingerprint density at radius 1 is 1.12 bits per heavy atom. The molecule has 2 N–H and O–H groups in total. The first-order chi connectivity index (χ1) is 11.7. The summed E-state index contributed by atoms with van der Waals surface area (Å²) in [5, 5.41) is 0. The molecule has 0 saturated carbocycles. The first kappa shape index (κ1) is 14.9. The van der Waals surface area contributed by atoms with Gasteiger partial charge in [-0.3, -0.25) is 4.90 Å². The van der Waals surface area contributed by atoms with Crippen LogP contribution in [0.3, 0.4) is 0 Å². The maximum atomic E-state index is 11.6. The number of aromatic amines is 2. The molecule has 0 bridgehead atoms. The van der Waals surface area contributed by atoms with E-state index < -0.39 is 0 Å². The predicted molar refractivity (Wildman–Crippen MR) is 93.2 cm³/mol. The molecule has 1 fully saturated rings. The van der Waals surface area contributed by atoms with Gasteiger partial charge < -0.3 is 14.9 Å². The van der Waals surface area contributed by atoms with Gasteiger partial charge in [-0.15, -0.1) is 0 Å². The Labute approximate surface area is 139 Å². The highest BCUT2D eigenvalue weighted by molar-refractivity contribution is 5.88. The number of rotatable bonds is 3. The SMILES string of the molecule is Cc1ccnc(CN2CCN(c3cccc4[nH]c(=O)[nH]c34)CC2)n1. The first-order valence-corrected chi connectivity index (χ1v) is 8.16. The summed E-state index contributed by atoms with van der Waals surface area (Å²) >= 11 is 0. The number of fused-ring (bicyclic) bond motifs is 1. The van der Waals surface area contributed by atoms with Gasteiger partial charge in [-0.05, 0) is 25.1 Å². The number of imidazole rings is 1. The van der Waals surface area contributed by atoms with Gasteiger partial charge in [-0.1, -0.05) is 6.07 Å². The van der Waals surface area contributed by atoms with Crippen LogP contribution >= 0.6 is 0 Å². The lowest BCUT2D eigenvalue weighted by Gasteiger charge is -2.35. The lowest BCUT2D eigenvalue weighted by atomic mass is 10.2. The number of para-hydroxylation sites is 1. The number of piperazine rings is 1. The van der Waals surface area contributed by atoms with Gasteiger partial charge in [0, 0.05) is 38.1 Å². The second-order valence-electron chi connectivity index (χ2n) is 6.16. The second kappa shape index (κ2) is 6.09. The van der Waals surface area contributed by atoms with E-state index in [0.29, 0.717) is 0 Å². The van der Waals surface area contributed by atoms with E-state index in [1.807, 2.05) is 31.3 Å². The van der Waals surface area contributed by atoms with E-state index in [1.54, 1.807) is 0 Å². The molecule has 0 radical (unpaired) electrons. The van der Waals surface area contributed by atoms with Gasteiger partial charge in [-0.25, -0.2) is 14.8 Å². The smallest absolute Gasteiger partial charge is 0.323 e. The van der Waals surface area contributed by atoms with E-state index in [1.165, 1.54) is 0 Å². The number of aromatic nitrogens is 4. The minimum atomic E-state index is -0.160. The molecule has 7 heteroatoms. The second-order valence-corrected chi connectivity index (χ2v) is 6.16. The maximum absolute atomic E-state index is 11.6. The van der Waals surface area contributed by atoms with Crippen molar-refractivity contribution in [1.82, 2.24) is 24.8 Å². The molecule has 1 aliphatic heterocycles. The number of benzene rings is 1. The highest BCUT2D eigenvalue weighted by Gasteiger charge is 2.20. The molecule has 3 heterocycles. The summed E-state index contributed by atoms with van der Waals surface area (Å²) in [6, 6.07) is 7.88. The number of hydrogen-bond donors (Lipinski definition) is 2. The van der Waals surface area contributed by atoms with Gasteiger partial charge in [0.1, 0.15) is 5.82 Å². The highest BCUT2D eigenvalue weighted by Crippen LogP contribution is 2.24. The van der Waals surface area contributed by atoms with Crippen molar-refractivity contribution >= 4 is 16.7 Å². The minimum absolute atomic E-state index is 0.160. The summed E-state index contributed by atoms with van der Waals surface area (Å²) in [6.45, 7) is 6.49. The van der Waals surface area contributed by atoms with Crippen LogP contribution in [0.15, 0.2) is 35.3 Å². The number of nitrogens with zero attached hydrogens (tertiary/aromatic N) is 4. The molecule has 4 rings (SSSR count). The van der Waals surface area contributed by atoms with Crippen molar-refractivity contribution in [1.29, 1.82) is 0 Å². The molecule has 0 aliphatic carbocycles. The van der Waals surface area contributed by atoms with Crippen molar-refractivity contribution in [3.63, 3.8) is 0 Å². The van der Waals surface area contributed by atoms with E-state index in [-0.39, 0.29) is 5.69 Å². The topological polar surface area (TPSA) is 80.9 Å². The summed E-state index contributed by atoms with van der Waals surface area (Å²) in [4.78, 5) is 30.8. The van der Waals surface area contributed by atoms with Crippen LogP contribution in [0.2, 0.25) is 0 Å². The Morgan fingerprint density at radius 3 is 2.75 bits per heavy atom. The Kier molecular flexibility index (Phi) is 3.78. The Bertz CT molecular complexity index is 907. The molecule has 0 spiro atoms. The zero-order valence-corrected chi connectivity index (χ0v) is 13.6. The van der Waals surface area contributed by atoms with E-state index in [4.69, 9.17) is 0 Å². The van der Waals surface area contributed by atoms with Gasteiger partial charge in [0.25, 0.3) is 0 Å². The molecular weight excluding hydrogens is 304 g/mol. The van der Waals surface area contributed by atoms with Gasteiger partial charge in [-0.2, -0.15) is 0 Å². The number of nitrogens with one attached hydrogen (secondary N) is 2. The molecule has 24 heavy (non-hydrogen) atoms. The molecule has 124 valence electrons. The Balaban J connectivity index is 1.46. The van der Waals surface area contributed by atoms with Crippen LogP contribution in [0.25, 0.3) is 11.0 Å². The molecule has 3 aromatic rings. The van der Waals surface area contributed by atoms with Crippen LogP contribution in [-0.4, -0.2) is 51.0 Å². The largest absolute Gasteiger partial charge is 0.367 e. The molecule has 1 aromatic carbocycles. The fourth-order valence-corrected chi connectivity index (χ4v) is 3.23. The molecule has 0 amide bonds. The van der Waals surface area contributed by atoms with Crippen LogP contribution in [0, 0.1) is 6.92 Å². The number of H-pyrrole nitrogens is 2. The van der Waals surface area contributed by atoms with Gasteiger partial charge in [0.05, 0.1) is 23.3 Å². The summed E-state index contributed by atoms with van der Waals surface area (Å²) < 4.78 is 0. The van der Waals surface area contributed by atoms with Crippen LogP contribution in [0.4, 0.5) is 5.69 Å². The monoisotopic (exact) mass is 324 g/mol. The normalized spacial score (nSPS) is 16.0. The van der Waals surface area contributed by atoms with Crippen molar-refractivity contribution in [2.24, 2.45) is 0 Å². The molecular formula is C17H20N6O. The van der Waals surface area contributed by atoms with E-state index in [2.05, 4.69) is 35.8 Å². The van der Waals surface area contributed by atoms with Crippen molar-refractivity contribution in [3.8, 4) is 0 Å². The Hall–Kier alpha value is -2.67. The summed E-state index contributed by atoms with van der Waals surface area (Å²) in [5.41, 5.74) is 3.66. The average Bonchev–Trinajstić information content (AvgIpc) is 2.96. The lowest BCUT2D eigenvalue weighted by Crippen LogP contribution is -2.46. The Morgan fingerprint density at radius 2 is 1.96 bits per heavy atom. The molecule has 1 saturated heterocycles. The summed E-state index contributed by atoms with van der Waals surface area (Å²) in [5.74, 6) is 0.875. The van der Waals surface area contributed by atoms with E-state index >= 15 is 0 Å². The van der Waals surface area contributed by atoms with Gasteiger partial charge in [0.15, 0.2) is 0 Å². The third-order valence-electron chi connectivity index (χ3n) is 4.45. The van der Waals surface area contributed by atoms with Crippen molar-refractivity contribution in [3.05, 3.63) is 52.5 Å². The maximum Gasteiger partial charge on any atom is 0.323 e. The van der Waals surface area contributed by atoms with Crippen LogP contribution < -0.4 is 10.6 Å². The number of aryl methyl sites for hydroxylation is 1. The number of anilines is 1. The van der Waals surface area contributed by atoms with Crippen molar-refractivity contribution in [2.75, 3.05) is 31.1 Å². The third kappa shape index (κ3) is 2.90. The minimum Gasteiger partial charge on any atom is -0.367 e. The molecule has 1 aliphatic rings. The molecule has 2 aromatic heterocycles. The first-order valence-electron chi connectivity index (χ1n) is 8.16. The van der Waals surface area contributed by atoms with Crippen LogP contribution in [0.1, 0.15) is 11.5 Å².